The lowest BCUT2D eigenvalue weighted by atomic mass is 10.1. The molecule has 2 heterocycles. The summed E-state index contributed by atoms with van der Waals surface area (Å²) in [4.78, 5) is 12.4. The van der Waals surface area contributed by atoms with Gasteiger partial charge in [-0.05, 0) is 39.0 Å². The van der Waals surface area contributed by atoms with E-state index in [9.17, 15) is 13.2 Å². The van der Waals surface area contributed by atoms with Crippen molar-refractivity contribution in [2.45, 2.75) is 57.9 Å². The fourth-order valence-corrected chi connectivity index (χ4v) is 4.80. The van der Waals surface area contributed by atoms with E-state index in [1.165, 1.54) is 4.31 Å². The molecule has 0 aliphatic carbocycles. The average Bonchev–Trinajstić information content (AvgIpc) is 3.05. The number of hydrogen-bond acceptors (Lipinski definition) is 5. The van der Waals surface area contributed by atoms with Gasteiger partial charge < -0.3 is 9.84 Å². The molecule has 1 aliphatic heterocycles. The Kier molecular flexibility index (Phi) is 5.46. The van der Waals surface area contributed by atoms with E-state index < -0.39 is 16.1 Å². The average molecular weight is 343 g/mol. The molecule has 8 heteroatoms. The van der Waals surface area contributed by atoms with Gasteiger partial charge in [0.2, 0.25) is 15.9 Å². The lowest BCUT2D eigenvalue weighted by Gasteiger charge is -2.23. The Morgan fingerprint density at radius 2 is 2.13 bits per heavy atom. The third-order valence-corrected chi connectivity index (χ3v) is 6.22. The predicted octanol–water partition coefficient (Wildman–Crippen LogP) is 1.61. The summed E-state index contributed by atoms with van der Waals surface area (Å²) in [5, 5.41) is 6.56. The van der Waals surface area contributed by atoms with Crippen molar-refractivity contribution in [3.8, 4) is 0 Å². The fraction of sp³-hybridized carbons (Fsp3) is 0.733. The van der Waals surface area contributed by atoms with Crippen LogP contribution in [0.3, 0.4) is 0 Å². The minimum Gasteiger partial charge on any atom is -0.360 e. The number of nitrogens with one attached hydrogen (secondary N) is 1. The molecule has 0 saturated carbocycles. The minimum absolute atomic E-state index is 0.0828. The van der Waals surface area contributed by atoms with Crippen LogP contribution in [0.2, 0.25) is 0 Å². The molecule has 0 unspecified atom stereocenters. The van der Waals surface area contributed by atoms with E-state index >= 15 is 0 Å². The largest absolute Gasteiger partial charge is 0.360 e. The van der Waals surface area contributed by atoms with E-state index in [4.69, 9.17) is 4.52 Å². The molecule has 1 amide bonds. The summed E-state index contributed by atoms with van der Waals surface area (Å²) in [5.74, 6) is 0.521. The van der Waals surface area contributed by atoms with Gasteiger partial charge in [0.1, 0.15) is 16.6 Å². The summed E-state index contributed by atoms with van der Waals surface area (Å²) in [5.41, 5.74) is 0.327. The highest BCUT2D eigenvalue weighted by Crippen LogP contribution is 2.29. The number of sulfonamides is 1. The number of nitrogens with zero attached hydrogens (tertiary/aromatic N) is 2. The number of hydrogen-bond donors (Lipinski definition) is 1. The van der Waals surface area contributed by atoms with Crippen LogP contribution in [0.1, 0.15) is 44.6 Å². The maximum absolute atomic E-state index is 12.9. The van der Waals surface area contributed by atoms with E-state index in [-0.39, 0.29) is 16.6 Å². The second-order valence-corrected chi connectivity index (χ2v) is 8.23. The standard InChI is InChI=1S/C15H25N3O4S/c1-10(2)7-8-16-15(19)13-6-5-9-18(13)23(20,21)14-11(3)17-22-12(14)4/h10,13H,5-9H2,1-4H3,(H,16,19)/t13-/m0/s1. The molecule has 0 spiro atoms. The van der Waals surface area contributed by atoms with E-state index in [1.54, 1.807) is 13.8 Å². The summed E-state index contributed by atoms with van der Waals surface area (Å²) < 4.78 is 32.0. The molecule has 1 saturated heterocycles. The molecular formula is C15H25N3O4S. The van der Waals surface area contributed by atoms with Crippen LogP contribution in [-0.2, 0) is 14.8 Å². The van der Waals surface area contributed by atoms with Crippen LogP contribution in [0, 0.1) is 19.8 Å². The van der Waals surface area contributed by atoms with Crippen LogP contribution in [0.5, 0.6) is 0 Å². The second-order valence-electron chi connectivity index (χ2n) is 6.40. The van der Waals surface area contributed by atoms with Gasteiger partial charge in [-0.2, -0.15) is 4.31 Å². The number of aryl methyl sites for hydroxylation is 2. The summed E-state index contributed by atoms with van der Waals surface area (Å²) in [6.45, 7) is 8.23. The first kappa shape index (κ1) is 17.9. The van der Waals surface area contributed by atoms with Crippen LogP contribution in [0.15, 0.2) is 9.42 Å². The van der Waals surface area contributed by atoms with Crippen molar-refractivity contribution in [3.63, 3.8) is 0 Å². The summed E-state index contributed by atoms with van der Waals surface area (Å²) >= 11 is 0. The third-order valence-electron chi connectivity index (χ3n) is 4.06. The molecule has 1 aromatic heterocycles. The molecule has 0 bridgehead atoms. The molecular weight excluding hydrogens is 318 g/mol. The SMILES string of the molecule is Cc1noc(C)c1S(=O)(=O)N1CCC[C@H]1C(=O)NCCC(C)C. The zero-order valence-corrected chi connectivity index (χ0v) is 14.9. The highest BCUT2D eigenvalue weighted by Gasteiger charge is 2.41. The van der Waals surface area contributed by atoms with E-state index in [0.717, 1.165) is 6.42 Å². The van der Waals surface area contributed by atoms with Crippen LogP contribution in [0.4, 0.5) is 0 Å². The predicted molar refractivity (Wildman–Crippen MR) is 85.4 cm³/mol. The minimum atomic E-state index is -3.78. The van der Waals surface area contributed by atoms with E-state index in [0.29, 0.717) is 37.5 Å². The van der Waals surface area contributed by atoms with Crippen LogP contribution >= 0.6 is 0 Å². The van der Waals surface area contributed by atoms with Gasteiger partial charge >= 0.3 is 0 Å². The zero-order valence-electron chi connectivity index (χ0n) is 14.1. The molecule has 1 aliphatic rings. The number of rotatable bonds is 6. The van der Waals surface area contributed by atoms with Crippen molar-refractivity contribution in [1.82, 2.24) is 14.8 Å². The highest BCUT2D eigenvalue weighted by atomic mass is 32.2. The maximum Gasteiger partial charge on any atom is 0.249 e. The molecule has 1 fully saturated rings. The van der Waals surface area contributed by atoms with Gasteiger partial charge in [0, 0.05) is 13.1 Å². The lowest BCUT2D eigenvalue weighted by Crippen LogP contribution is -2.46. The molecule has 1 N–H and O–H groups in total. The molecule has 130 valence electrons. The Balaban J connectivity index is 2.16. The van der Waals surface area contributed by atoms with Gasteiger partial charge in [0.05, 0.1) is 0 Å². The van der Waals surface area contributed by atoms with Crippen molar-refractivity contribution in [1.29, 1.82) is 0 Å². The van der Waals surface area contributed by atoms with Crippen molar-refractivity contribution < 1.29 is 17.7 Å². The van der Waals surface area contributed by atoms with Crippen molar-refractivity contribution >= 4 is 15.9 Å². The summed E-state index contributed by atoms with van der Waals surface area (Å²) in [6.07, 6.45) is 2.08. The Bertz CT molecular complexity index is 647. The van der Waals surface area contributed by atoms with E-state index in [1.807, 2.05) is 0 Å². The molecule has 0 radical (unpaired) electrons. The first-order valence-electron chi connectivity index (χ1n) is 7.97. The quantitative estimate of drug-likeness (QED) is 0.847. The number of amides is 1. The van der Waals surface area contributed by atoms with Gasteiger partial charge in [-0.1, -0.05) is 19.0 Å². The summed E-state index contributed by atoms with van der Waals surface area (Å²) in [7, 11) is -3.78. The van der Waals surface area contributed by atoms with Gasteiger partial charge in [0.25, 0.3) is 0 Å². The van der Waals surface area contributed by atoms with Crippen LogP contribution in [0.25, 0.3) is 0 Å². The maximum atomic E-state index is 12.9. The van der Waals surface area contributed by atoms with E-state index in [2.05, 4.69) is 24.3 Å². The summed E-state index contributed by atoms with van der Waals surface area (Å²) in [6, 6.07) is -0.652. The van der Waals surface area contributed by atoms with Gasteiger partial charge in [0.15, 0.2) is 5.76 Å². The topological polar surface area (TPSA) is 92.5 Å². The van der Waals surface area contributed by atoms with Crippen LogP contribution in [-0.4, -0.2) is 42.9 Å². The van der Waals surface area contributed by atoms with Crippen molar-refractivity contribution in [2.24, 2.45) is 5.92 Å². The Hall–Kier alpha value is -1.41. The lowest BCUT2D eigenvalue weighted by molar-refractivity contribution is -0.124. The third kappa shape index (κ3) is 3.74. The molecule has 1 atom stereocenters. The second kappa shape index (κ2) is 7.00. The number of carbonyl (C=O) groups excluding carboxylic acids is 1. The fourth-order valence-electron chi connectivity index (χ4n) is 2.85. The van der Waals surface area contributed by atoms with Gasteiger partial charge in [-0.25, -0.2) is 8.42 Å². The molecule has 0 aromatic carbocycles. The Labute approximate surface area is 137 Å². The van der Waals surface area contributed by atoms with Gasteiger partial charge in [-0.3, -0.25) is 4.79 Å². The Morgan fingerprint density at radius 1 is 1.43 bits per heavy atom. The Morgan fingerprint density at radius 3 is 2.70 bits per heavy atom. The smallest absolute Gasteiger partial charge is 0.249 e. The first-order chi connectivity index (χ1) is 10.7. The first-order valence-corrected chi connectivity index (χ1v) is 9.41. The van der Waals surface area contributed by atoms with Crippen LogP contribution < -0.4 is 5.32 Å². The number of aromatic nitrogens is 1. The molecule has 23 heavy (non-hydrogen) atoms. The van der Waals surface area contributed by atoms with Crippen molar-refractivity contribution in [3.05, 3.63) is 11.5 Å². The number of carbonyl (C=O) groups is 1. The zero-order chi connectivity index (χ0) is 17.2. The normalized spacial score (nSPS) is 19.4. The monoisotopic (exact) mass is 343 g/mol. The molecule has 2 rings (SSSR count). The molecule has 1 aromatic rings. The van der Waals surface area contributed by atoms with Gasteiger partial charge in [-0.15, -0.1) is 0 Å². The van der Waals surface area contributed by atoms with Crippen molar-refractivity contribution in [2.75, 3.05) is 13.1 Å². The highest BCUT2D eigenvalue weighted by molar-refractivity contribution is 7.89. The molecule has 7 nitrogen and oxygen atoms in total.